The van der Waals surface area contributed by atoms with Gasteiger partial charge < -0.3 is 24.5 Å². The van der Waals surface area contributed by atoms with E-state index in [0.717, 1.165) is 31.9 Å². The van der Waals surface area contributed by atoms with Crippen molar-refractivity contribution >= 4 is 11.6 Å². The fourth-order valence-electron chi connectivity index (χ4n) is 4.01. The van der Waals surface area contributed by atoms with Crippen molar-refractivity contribution in [3.05, 3.63) is 24.3 Å². The number of carbonyl (C=O) groups is 1. The van der Waals surface area contributed by atoms with Crippen LogP contribution in [0.1, 0.15) is 20.8 Å². The van der Waals surface area contributed by atoms with Crippen LogP contribution in [0.5, 0.6) is 5.75 Å². The monoisotopic (exact) mass is 348 g/mol. The number of benzene rings is 1. The van der Waals surface area contributed by atoms with E-state index in [1.165, 1.54) is 4.90 Å². The summed E-state index contributed by atoms with van der Waals surface area (Å²) in [6, 6.07) is 7.42. The number of para-hydroxylation sites is 2. The molecule has 138 valence electrons. The number of aromatic hydroxyl groups is 1. The summed E-state index contributed by atoms with van der Waals surface area (Å²) < 4.78 is 5.73. The molecule has 0 bridgehead atoms. The Balaban J connectivity index is 1.57. The number of nitrogens with one attached hydrogen (secondary N) is 1. The van der Waals surface area contributed by atoms with Gasteiger partial charge in [0.25, 0.3) is 5.91 Å². The van der Waals surface area contributed by atoms with Crippen LogP contribution in [0.4, 0.5) is 5.69 Å². The van der Waals surface area contributed by atoms with Crippen molar-refractivity contribution in [2.45, 2.75) is 39.0 Å². The summed E-state index contributed by atoms with van der Waals surface area (Å²) in [7, 11) is 0. The molecule has 25 heavy (non-hydrogen) atoms. The molecule has 0 unspecified atom stereocenters. The van der Waals surface area contributed by atoms with Gasteiger partial charge in [-0.3, -0.25) is 4.79 Å². The van der Waals surface area contributed by atoms with Crippen LogP contribution in [0.15, 0.2) is 24.3 Å². The van der Waals surface area contributed by atoms with E-state index in [0.29, 0.717) is 18.8 Å². The van der Waals surface area contributed by atoms with Gasteiger partial charge >= 0.3 is 0 Å². The van der Waals surface area contributed by atoms with Crippen LogP contribution in [0.2, 0.25) is 0 Å². The minimum Gasteiger partial charge on any atom is -0.506 e. The Morgan fingerprint density at radius 1 is 1.20 bits per heavy atom. The first-order valence-electron chi connectivity index (χ1n) is 9.27. The second-order valence-electron chi connectivity index (χ2n) is 7.36. The molecule has 2 saturated heterocycles. The highest BCUT2D eigenvalue weighted by Gasteiger charge is 2.35. The molecule has 2 fully saturated rings. The number of quaternary nitrogens is 1. The number of amides is 1. The highest BCUT2D eigenvalue weighted by Crippen LogP contribution is 2.26. The minimum absolute atomic E-state index is 0.0379. The van der Waals surface area contributed by atoms with E-state index in [4.69, 9.17) is 4.74 Å². The van der Waals surface area contributed by atoms with Gasteiger partial charge in [-0.25, -0.2) is 0 Å². The number of nitrogens with zero attached hydrogens (tertiary/aromatic N) is 2. The third kappa shape index (κ3) is 4.07. The third-order valence-corrected chi connectivity index (χ3v) is 5.34. The van der Waals surface area contributed by atoms with Crippen molar-refractivity contribution in [1.29, 1.82) is 0 Å². The summed E-state index contributed by atoms with van der Waals surface area (Å²) in [4.78, 5) is 18.4. The average molecular weight is 348 g/mol. The van der Waals surface area contributed by atoms with Crippen molar-refractivity contribution in [3.63, 3.8) is 0 Å². The number of ether oxygens (including phenoxy) is 1. The predicted octanol–water partition coefficient (Wildman–Crippen LogP) is 0.121. The molecule has 0 saturated carbocycles. The summed E-state index contributed by atoms with van der Waals surface area (Å²) >= 11 is 0. The quantitative estimate of drug-likeness (QED) is 0.815. The molecule has 6 heteroatoms. The highest BCUT2D eigenvalue weighted by molar-refractivity contribution is 5.80. The Labute approximate surface area is 150 Å². The first-order chi connectivity index (χ1) is 12.0. The SMILES string of the molecule is C[C@@H]1CN(C(=O)[C@@H](C)[NH+]2CCN(c3ccccc3O)CC2)C[C@@H](C)O1. The lowest BCUT2D eigenvalue weighted by molar-refractivity contribution is -0.915. The molecule has 3 atom stereocenters. The van der Waals surface area contributed by atoms with Crippen LogP contribution in [-0.4, -0.2) is 73.4 Å². The zero-order chi connectivity index (χ0) is 18.0. The molecule has 6 nitrogen and oxygen atoms in total. The smallest absolute Gasteiger partial charge is 0.280 e. The van der Waals surface area contributed by atoms with Gasteiger partial charge in [-0.05, 0) is 32.9 Å². The molecule has 3 rings (SSSR count). The average Bonchev–Trinajstić information content (AvgIpc) is 2.60. The Morgan fingerprint density at radius 3 is 2.40 bits per heavy atom. The number of piperazine rings is 1. The molecule has 2 N–H and O–H groups in total. The number of carbonyl (C=O) groups excluding carboxylic acids is 1. The van der Waals surface area contributed by atoms with Crippen molar-refractivity contribution in [3.8, 4) is 5.75 Å². The Bertz CT molecular complexity index is 591. The van der Waals surface area contributed by atoms with E-state index in [-0.39, 0.29) is 24.2 Å². The molecule has 1 amide bonds. The standard InChI is InChI=1S/C19H29N3O3/c1-14-12-22(13-15(2)25-14)19(24)16(3)20-8-10-21(11-9-20)17-6-4-5-7-18(17)23/h4-7,14-16,23H,8-13H2,1-3H3/p+1/t14-,15-,16-/m1/s1. The maximum atomic E-state index is 12.9. The largest absolute Gasteiger partial charge is 0.506 e. The van der Waals surface area contributed by atoms with Gasteiger partial charge in [-0.15, -0.1) is 0 Å². The van der Waals surface area contributed by atoms with E-state index in [1.807, 2.05) is 43.9 Å². The first kappa shape index (κ1) is 18.0. The van der Waals surface area contributed by atoms with E-state index < -0.39 is 0 Å². The van der Waals surface area contributed by atoms with E-state index >= 15 is 0 Å². The number of rotatable bonds is 3. The Morgan fingerprint density at radius 2 is 1.80 bits per heavy atom. The van der Waals surface area contributed by atoms with E-state index in [9.17, 15) is 9.90 Å². The first-order valence-corrected chi connectivity index (χ1v) is 9.27. The molecule has 2 heterocycles. The number of phenols is 1. The molecule has 1 aromatic rings. The van der Waals surface area contributed by atoms with Crippen molar-refractivity contribution in [2.75, 3.05) is 44.2 Å². The van der Waals surface area contributed by atoms with E-state index in [1.54, 1.807) is 6.07 Å². The summed E-state index contributed by atoms with van der Waals surface area (Å²) in [6.07, 6.45) is 0.209. The van der Waals surface area contributed by atoms with Gasteiger partial charge in [-0.2, -0.15) is 0 Å². The van der Waals surface area contributed by atoms with Gasteiger partial charge in [0, 0.05) is 13.1 Å². The zero-order valence-corrected chi connectivity index (χ0v) is 15.4. The second kappa shape index (κ2) is 7.62. The van der Waals surface area contributed by atoms with Crippen LogP contribution < -0.4 is 9.80 Å². The van der Waals surface area contributed by atoms with E-state index in [2.05, 4.69) is 4.90 Å². The van der Waals surface area contributed by atoms with Gasteiger partial charge in [0.05, 0.1) is 44.1 Å². The highest BCUT2D eigenvalue weighted by atomic mass is 16.5. The molecule has 0 aliphatic carbocycles. The van der Waals surface area contributed by atoms with Crippen molar-refractivity contribution in [2.24, 2.45) is 0 Å². The number of hydrogen-bond acceptors (Lipinski definition) is 4. The molecule has 2 aliphatic heterocycles. The minimum atomic E-state index is -0.0379. The summed E-state index contributed by atoms with van der Waals surface area (Å²) in [5.41, 5.74) is 0.886. The van der Waals surface area contributed by atoms with Crippen LogP contribution in [-0.2, 0) is 9.53 Å². The van der Waals surface area contributed by atoms with Crippen LogP contribution >= 0.6 is 0 Å². The predicted molar refractivity (Wildman–Crippen MR) is 97.1 cm³/mol. The third-order valence-electron chi connectivity index (χ3n) is 5.34. The Hall–Kier alpha value is -1.79. The summed E-state index contributed by atoms with van der Waals surface area (Å²) in [5, 5.41) is 10.0. The van der Waals surface area contributed by atoms with Crippen molar-refractivity contribution in [1.82, 2.24) is 4.90 Å². The maximum absolute atomic E-state index is 12.9. The summed E-state index contributed by atoms with van der Waals surface area (Å²) in [6.45, 7) is 11.0. The second-order valence-corrected chi connectivity index (χ2v) is 7.36. The zero-order valence-electron chi connectivity index (χ0n) is 15.4. The molecule has 0 radical (unpaired) electrons. The topological polar surface area (TPSA) is 57.5 Å². The van der Waals surface area contributed by atoms with Crippen LogP contribution in [0.3, 0.4) is 0 Å². The normalized spacial score (nSPS) is 26.5. The lowest BCUT2D eigenvalue weighted by Crippen LogP contribution is -3.19. The lowest BCUT2D eigenvalue weighted by atomic mass is 10.1. The molecular weight excluding hydrogens is 318 g/mol. The lowest BCUT2D eigenvalue weighted by Gasteiger charge is -2.40. The number of phenolic OH excluding ortho intramolecular Hbond substituents is 1. The fourth-order valence-corrected chi connectivity index (χ4v) is 4.01. The number of hydrogen-bond donors (Lipinski definition) is 2. The van der Waals surface area contributed by atoms with Gasteiger partial charge in [-0.1, -0.05) is 12.1 Å². The maximum Gasteiger partial charge on any atom is 0.280 e. The number of morpholine rings is 1. The van der Waals surface area contributed by atoms with Crippen LogP contribution in [0.25, 0.3) is 0 Å². The van der Waals surface area contributed by atoms with Crippen molar-refractivity contribution < 1.29 is 19.5 Å². The summed E-state index contributed by atoms with van der Waals surface area (Å²) in [5.74, 6) is 0.555. The van der Waals surface area contributed by atoms with Gasteiger partial charge in [0.2, 0.25) is 0 Å². The molecule has 0 aromatic heterocycles. The molecular formula is C19H30N3O3+. The van der Waals surface area contributed by atoms with Gasteiger partial charge in [0.1, 0.15) is 5.75 Å². The number of anilines is 1. The molecule has 0 spiro atoms. The molecule has 1 aromatic carbocycles. The fraction of sp³-hybridized carbons (Fsp3) is 0.632. The Kier molecular flexibility index (Phi) is 5.49. The molecule has 2 aliphatic rings. The van der Waals surface area contributed by atoms with Gasteiger partial charge in [0.15, 0.2) is 6.04 Å². The van der Waals surface area contributed by atoms with Crippen LogP contribution in [0, 0.1) is 0 Å².